The van der Waals surface area contributed by atoms with Gasteiger partial charge in [-0.3, -0.25) is 4.90 Å². The van der Waals surface area contributed by atoms with Gasteiger partial charge in [0.05, 0.1) is 11.6 Å². The number of amides is 1. The normalized spacial score (nSPS) is 15.8. The highest BCUT2D eigenvalue weighted by atomic mass is 19.1. The molecule has 1 aliphatic rings. The predicted octanol–water partition coefficient (Wildman–Crippen LogP) is 3.05. The molecule has 5 nitrogen and oxygen atoms in total. The number of carbonyl (C=O) groups is 1. The highest BCUT2D eigenvalue weighted by molar-refractivity contribution is 5.72. The van der Waals surface area contributed by atoms with Crippen LogP contribution in [-0.2, 0) is 0 Å². The Morgan fingerprint density at radius 2 is 2.00 bits per heavy atom. The second kappa shape index (κ2) is 6.97. The zero-order valence-electron chi connectivity index (χ0n) is 13.7. The van der Waals surface area contributed by atoms with E-state index < -0.39 is 17.4 Å². The Bertz CT molecular complexity index is 613. The van der Waals surface area contributed by atoms with E-state index in [9.17, 15) is 9.18 Å². The Balaban J connectivity index is 2.21. The van der Waals surface area contributed by atoms with Crippen molar-refractivity contribution >= 4 is 6.09 Å². The third kappa shape index (κ3) is 4.42. The average Bonchev–Trinajstić information content (AvgIpc) is 2.46. The van der Waals surface area contributed by atoms with E-state index in [2.05, 4.69) is 5.32 Å². The standard InChI is InChI=1S/C17H22FN3O2/c1-17(2,3)21(14-4-6-20-7-5-14)16(22)23-15-9-12(11-19)8-13(18)10-15/h8-10,14,20H,4-7H2,1-3H3. The summed E-state index contributed by atoms with van der Waals surface area (Å²) in [5.41, 5.74) is -0.290. The number of hydrogen-bond donors (Lipinski definition) is 1. The molecule has 1 heterocycles. The fourth-order valence-corrected chi connectivity index (χ4v) is 2.87. The summed E-state index contributed by atoms with van der Waals surface area (Å²) in [6.07, 6.45) is 1.18. The predicted molar refractivity (Wildman–Crippen MR) is 84.6 cm³/mol. The van der Waals surface area contributed by atoms with Crippen LogP contribution in [0.4, 0.5) is 9.18 Å². The molecule has 0 aliphatic carbocycles. The molecule has 1 saturated heterocycles. The first kappa shape index (κ1) is 17.2. The first-order valence-corrected chi connectivity index (χ1v) is 7.74. The largest absolute Gasteiger partial charge is 0.415 e. The summed E-state index contributed by atoms with van der Waals surface area (Å²) in [5.74, 6) is -0.550. The molecule has 2 rings (SSSR count). The molecular weight excluding hydrogens is 297 g/mol. The van der Waals surface area contributed by atoms with E-state index in [1.54, 1.807) is 4.90 Å². The summed E-state index contributed by atoms with van der Waals surface area (Å²) in [4.78, 5) is 14.4. The zero-order valence-corrected chi connectivity index (χ0v) is 13.7. The fraction of sp³-hybridized carbons (Fsp3) is 0.529. The molecule has 1 aromatic rings. The number of carbonyl (C=O) groups excluding carboxylic acids is 1. The lowest BCUT2D eigenvalue weighted by atomic mass is 9.98. The van der Waals surface area contributed by atoms with Gasteiger partial charge in [0.1, 0.15) is 11.6 Å². The van der Waals surface area contributed by atoms with E-state index in [1.165, 1.54) is 6.07 Å². The van der Waals surface area contributed by atoms with Gasteiger partial charge in [-0.1, -0.05) is 0 Å². The zero-order chi connectivity index (χ0) is 17.0. The molecule has 0 saturated carbocycles. The molecule has 1 amide bonds. The number of benzene rings is 1. The fourth-order valence-electron chi connectivity index (χ4n) is 2.87. The summed E-state index contributed by atoms with van der Waals surface area (Å²) in [5, 5.41) is 12.2. The van der Waals surface area contributed by atoms with E-state index in [1.807, 2.05) is 26.8 Å². The highest BCUT2D eigenvalue weighted by Crippen LogP contribution is 2.25. The Morgan fingerprint density at radius 3 is 2.57 bits per heavy atom. The summed E-state index contributed by atoms with van der Waals surface area (Å²) in [6.45, 7) is 7.54. The summed E-state index contributed by atoms with van der Waals surface area (Å²) < 4.78 is 18.8. The minimum absolute atomic E-state index is 0.0507. The molecule has 1 fully saturated rings. The van der Waals surface area contributed by atoms with Crippen molar-refractivity contribution in [2.75, 3.05) is 13.1 Å². The molecule has 1 aliphatic heterocycles. The van der Waals surface area contributed by atoms with Crippen molar-refractivity contribution < 1.29 is 13.9 Å². The van der Waals surface area contributed by atoms with Crippen molar-refractivity contribution in [2.24, 2.45) is 0 Å². The molecule has 1 N–H and O–H groups in total. The Labute approximate surface area is 136 Å². The van der Waals surface area contributed by atoms with Gasteiger partial charge in [-0.2, -0.15) is 5.26 Å². The minimum Gasteiger partial charge on any atom is -0.410 e. The second-order valence-corrected chi connectivity index (χ2v) is 6.68. The Hall–Kier alpha value is -2.13. The van der Waals surface area contributed by atoms with Crippen LogP contribution in [0.1, 0.15) is 39.2 Å². The van der Waals surface area contributed by atoms with Crippen LogP contribution in [0, 0.1) is 17.1 Å². The molecule has 23 heavy (non-hydrogen) atoms. The maximum absolute atomic E-state index is 13.5. The molecule has 0 unspecified atom stereocenters. The lowest BCUT2D eigenvalue weighted by molar-refractivity contribution is 0.0644. The second-order valence-electron chi connectivity index (χ2n) is 6.68. The van der Waals surface area contributed by atoms with Crippen LogP contribution < -0.4 is 10.1 Å². The number of rotatable bonds is 2. The third-order valence-electron chi connectivity index (χ3n) is 3.80. The van der Waals surface area contributed by atoms with Crippen molar-refractivity contribution in [2.45, 2.75) is 45.2 Å². The first-order chi connectivity index (χ1) is 10.8. The lowest BCUT2D eigenvalue weighted by Gasteiger charge is -2.42. The lowest BCUT2D eigenvalue weighted by Crippen LogP contribution is -2.55. The monoisotopic (exact) mass is 319 g/mol. The van der Waals surface area contributed by atoms with Gasteiger partial charge in [-0.05, 0) is 58.8 Å². The van der Waals surface area contributed by atoms with Gasteiger partial charge < -0.3 is 10.1 Å². The van der Waals surface area contributed by atoms with Crippen LogP contribution in [-0.4, -0.2) is 35.7 Å². The van der Waals surface area contributed by atoms with E-state index >= 15 is 0 Å². The maximum atomic E-state index is 13.5. The smallest absolute Gasteiger partial charge is 0.410 e. The number of halogens is 1. The minimum atomic E-state index is -0.601. The van der Waals surface area contributed by atoms with E-state index in [-0.39, 0.29) is 17.4 Å². The quantitative estimate of drug-likeness (QED) is 0.910. The molecule has 1 aromatic carbocycles. The van der Waals surface area contributed by atoms with Crippen LogP contribution in [0.3, 0.4) is 0 Å². The highest BCUT2D eigenvalue weighted by Gasteiger charge is 2.35. The van der Waals surface area contributed by atoms with E-state index in [4.69, 9.17) is 10.00 Å². The summed E-state index contributed by atoms with van der Waals surface area (Å²) in [6, 6.07) is 5.51. The number of piperidine rings is 1. The van der Waals surface area contributed by atoms with E-state index in [0.717, 1.165) is 38.1 Å². The van der Waals surface area contributed by atoms with Gasteiger partial charge in [-0.25, -0.2) is 9.18 Å². The van der Waals surface area contributed by atoms with Crippen LogP contribution in [0.5, 0.6) is 5.75 Å². The van der Waals surface area contributed by atoms with Gasteiger partial charge >= 0.3 is 6.09 Å². The molecular formula is C17H22FN3O2. The van der Waals surface area contributed by atoms with Crippen LogP contribution >= 0.6 is 0 Å². The first-order valence-electron chi connectivity index (χ1n) is 7.74. The molecule has 0 aromatic heterocycles. The van der Waals surface area contributed by atoms with Gasteiger partial charge in [0.25, 0.3) is 0 Å². The van der Waals surface area contributed by atoms with Crippen LogP contribution in [0.15, 0.2) is 18.2 Å². The van der Waals surface area contributed by atoms with Crippen molar-refractivity contribution in [3.05, 3.63) is 29.6 Å². The van der Waals surface area contributed by atoms with Crippen molar-refractivity contribution in [3.8, 4) is 11.8 Å². The number of nitriles is 1. The average molecular weight is 319 g/mol. The molecule has 124 valence electrons. The van der Waals surface area contributed by atoms with Crippen LogP contribution in [0.25, 0.3) is 0 Å². The van der Waals surface area contributed by atoms with E-state index in [0.29, 0.717) is 0 Å². The number of hydrogen-bond acceptors (Lipinski definition) is 4. The van der Waals surface area contributed by atoms with Gasteiger partial charge in [-0.15, -0.1) is 0 Å². The number of nitrogens with one attached hydrogen (secondary N) is 1. The number of nitrogens with zero attached hydrogens (tertiary/aromatic N) is 2. The van der Waals surface area contributed by atoms with Crippen molar-refractivity contribution in [1.82, 2.24) is 10.2 Å². The summed E-state index contributed by atoms with van der Waals surface area (Å²) >= 11 is 0. The van der Waals surface area contributed by atoms with Gasteiger partial charge in [0.2, 0.25) is 0 Å². The molecule has 0 spiro atoms. The molecule has 0 bridgehead atoms. The van der Waals surface area contributed by atoms with Gasteiger partial charge in [0.15, 0.2) is 0 Å². The molecule has 0 radical (unpaired) electrons. The third-order valence-corrected chi connectivity index (χ3v) is 3.80. The number of ether oxygens (including phenoxy) is 1. The van der Waals surface area contributed by atoms with Crippen LogP contribution in [0.2, 0.25) is 0 Å². The molecule has 0 atom stereocenters. The maximum Gasteiger partial charge on any atom is 0.415 e. The summed E-state index contributed by atoms with van der Waals surface area (Å²) in [7, 11) is 0. The Morgan fingerprint density at radius 1 is 1.35 bits per heavy atom. The topological polar surface area (TPSA) is 65.4 Å². The SMILES string of the molecule is CC(C)(C)N(C(=O)Oc1cc(F)cc(C#N)c1)C1CCNCC1. The van der Waals surface area contributed by atoms with Crippen molar-refractivity contribution in [1.29, 1.82) is 5.26 Å². The van der Waals surface area contributed by atoms with Crippen molar-refractivity contribution in [3.63, 3.8) is 0 Å². The Kier molecular flexibility index (Phi) is 5.22. The van der Waals surface area contributed by atoms with Gasteiger partial charge in [0, 0.05) is 17.6 Å². The molecule has 6 heteroatoms.